The second kappa shape index (κ2) is 6.80. The van der Waals surface area contributed by atoms with Gasteiger partial charge in [0.15, 0.2) is 11.5 Å². The van der Waals surface area contributed by atoms with E-state index in [0.29, 0.717) is 17.4 Å². The van der Waals surface area contributed by atoms with Crippen LogP contribution in [0.3, 0.4) is 0 Å². The lowest BCUT2D eigenvalue weighted by Crippen LogP contribution is -2.33. The van der Waals surface area contributed by atoms with Crippen LogP contribution in [0.5, 0.6) is 11.5 Å². The van der Waals surface area contributed by atoms with Gasteiger partial charge in [0.2, 0.25) is 0 Å². The van der Waals surface area contributed by atoms with Crippen LogP contribution in [-0.4, -0.2) is 61.2 Å². The lowest BCUT2D eigenvalue weighted by molar-refractivity contribution is 0.0755. The van der Waals surface area contributed by atoms with Gasteiger partial charge in [-0.25, -0.2) is 0 Å². The molecule has 5 heteroatoms. The van der Waals surface area contributed by atoms with Crippen molar-refractivity contribution in [3.8, 4) is 11.5 Å². The molecule has 0 aliphatic carbocycles. The number of nitrogens with zero attached hydrogens (tertiary/aromatic N) is 2. The Kier molecular flexibility index (Phi) is 5.07. The molecule has 1 N–H and O–H groups in total. The number of amides is 1. The molecule has 1 aromatic carbocycles. The molecule has 0 unspecified atom stereocenters. The summed E-state index contributed by atoms with van der Waals surface area (Å²) in [4.78, 5) is 16.7. The molecular weight excluding hydrogens is 268 g/mol. The standard InChI is InChI=1S/C16H24N2O3/c1-17(2)12-6-5-10-18(11-9-12)16(20)13-7-4-8-14(21-3)15(13)19/h4,7-8,12,19H,5-6,9-11H2,1-3H3/t12-/m0/s1. The smallest absolute Gasteiger partial charge is 0.257 e. The topological polar surface area (TPSA) is 53.0 Å². The van der Waals surface area contributed by atoms with Crippen LogP contribution in [-0.2, 0) is 0 Å². The highest BCUT2D eigenvalue weighted by Crippen LogP contribution is 2.30. The highest BCUT2D eigenvalue weighted by molar-refractivity contribution is 5.97. The van der Waals surface area contributed by atoms with E-state index in [1.54, 1.807) is 18.2 Å². The van der Waals surface area contributed by atoms with E-state index in [9.17, 15) is 9.90 Å². The van der Waals surface area contributed by atoms with Crippen LogP contribution in [0.25, 0.3) is 0 Å². The predicted octanol–water partition coefficient (Wildman–Crippen LogP) is 1.96. The molecule has 1 aromatic rings. The van der Waals surface area contributed by atoms with Crippen LogP contribution in [0, 0.1) is 0 Å². The second-order valence-electron chi connectivity index (χ2n) is 5.70. The number of phenols is 1. The maximum absolute atomic E-state index is 12.6. The fourth-order valence-electron chi connectivity index (χ4n) is 2.83. The molecule has 1 atom stereocenters. The van der Waals surface area contributed by atoms with Crippen molar-refractivity contribution in [2.75, 3.05) is 34.3 Å². The summed E-state index contributed by atoms with van der Waals surface area (Å²) in [7, 11) is 5.64. The lowest BCUT2D eigenvalue weighted by Gasteiger charge is -2.23. The third-order valence-corrected chi connectivity index (χ3v) is 4.16. The summed E-state index contributed by atoms with van der Waals surface area (Å²) in [6.07, 6.45) is 3.05. The van der Waals surface area contributed by atoms with Crippen molar-refractivity contribution in [3.05, 3.63) is 23.8 Å². The number of aromatic hydroxyl groups is 1. The zero-order valence-electron chi connectivity index (χ0n) is 13.0. The number of hydrogen-bond acceptors (Lipinski definition) is 4. The Morgan fingerprint density at radius 2 is 2.10 bits per heavy atom. The Labute approximate surface area is 126 Å². The van der Waals surface area contributed by atoms with E-state index < -0.39 is 0 Å². The SMILES string of the molecule is COc1cccc(C(=O)N2CCC[C@H](N(C)C)CC2)c1O. The van der Waals surface area contributed by atoms with Gasteiger partial charge < -0.3 is 19.6 Å². The van der Waals surface area contributed by atoms with Crippen LogP contribution in [0.15, 0.2) is 18.2 Å². The van der Waals surface area contributed by atoms with E-state index in [0.717, 1.165) is 32.4 Å². The first-order valence-electron chi connectivity index (χ1n) is 7.36. The molecule has 0 spiro atoms. The first-order valence-corrected chi connectivity index (χ1v) is 7.36. The van der Waals surface area contributed by atoms with E-state index in [1.807, 2.05) is 4.90 Å². The van der Waals surface area contributed by atoms with Gasteiger partial charge in [-0.15, -0.1) is 0 Å². The van der Waals surface area contributed by atoms with Gasteiger partial charge >= 0.3 is 0 Å². The highest BCUT2D eigenvalue weighted by Gasteiger charge is 2.24. The molecule has 21 heavy (non-hydrogen) atoms. The summed E-state index contributed by atoms with van der Waals surface area (Å²) in [6, 6.07) is 5.54. The summed E-state index contributed by atoms with van der Waals surface area (Å²) in [5.41, 5.74) is 0.317. The number of para-hydroxylation sites is 1. The first kappa shape index (κ1) is 15.6. The van der Waals surface area contributed by atoms with Gasteiger partial charge in [0, 0.05) is 19.1 Å². The summed E-state index contributed by atoms with van der Waals surface area (Å²) in [5, 5.41) is 10.1. The quantitative estimate of drug-likeness (QED) is 0.925. The molecule has 5 nitrogen and oxygen atoms in total. The van der Waals surface area contributed by atoms with Gasteiger partial charge in [0.1, 0.15) is 0 Å². The van der Waals surface area contributed by atoms with Crippen LogP contribution in [0.1, 0.15) is 29.6 Å². The number of benzene rings is 1. The van der Waals surface area contributed by atoms with E-state index in [4.69, 9.17) is 4.74 Å². The van der Waals surface area contributed by atoms with E-state index in [1.165, 1.54) is 7.11 Å². The summed E-state index contributed by atoms with van der Waals surface area (Å²) in [6.45, 7) is 1.46. The molecule has 1 aliphatic heterocycles. The van der Waals surface area contributed by atoms with Gasteiger partial charge in [-0.1, -0.05) is 6.07 Å². The number of phenolic OH excluding ortho intramolecular Hbond substituents is 1. The summed E-state index contributed by atoms with van der Waals surface area (Å²) < 4.78 is 5.07. The number of methoxy groups -OCH3 is 1. The number of rotatable bonds is 3. The molecule has 116 valence electrons. The number of likely N-dealkylation sites (tertiary alicyclic amines) is 1. The Morgan fingerprint density at radius 3 is 2.76 bits per heavy atom. The maximum atomic E-state index is 12.6. The molecule has 1 amide bonds. The van der Waals surface area contributed by atoms with Crippen molar-refractivity contribution in [1.82, 2.24) is 9.80 Å². The van der Waals surface area contributed by atoms with Crippen molar-refractivity contribution in [2.24, 2.45) is 0 Å². The molecule has 1 saturated heterocycles. The minimum absolute atomic E-state index is 0.0709. The van der Waals surface area contributed by atoms with Gasteiger partial charge in [-0.05, 0) is 45.5 Å². The number of hydrogen-bond donors (Lipinski definition) is 1. The van der Waals surface area contributed by atoms with Crippen LogP contribution in [0.4, 0.5) is 0 Å². The average molecular weight is 292 g/mol. The molecule has 0 bridgehead atoms. The zero-order chi connectivity index (χ0) is 15.4. The van der Waals surface area contributed by atoms with Gasteiger partial charge in [0.05, 0.1) is 12.7 Å². The monoisotopic (exact) mass is 292 g/mol. The molecule has 0 aromatic heterocycles. The maximum Gasteiger partial charge on any atom is 0.257 e. The molecule has 0 saturated carbocycles. The molecule has 1 fully saturated rings. The third kappa shape index (κ3) is 3.47. The Morgan fingerprint density at radius 1 is 1.33 bits per heavy atom. The van der Waals surface area contributed by atoms with Crippen molar-refractivity contribution >= 4 is 5.91 Å². The van der Waals surface area contributed by atoms with Gasteiger partial charge in [-0.3, -0.25) is 4.79 Å². The fraction of sp³-hybridized carbons (Fsp3) is 0.562. The van der Waals surface area contributed by atoms with Crippen molar-refractivity contribution in [3.63, 3.8) is 0 Å². The normalized spacial score (nSPS) is 19.4. The molecule has 1 aliphatic rings. The van der Waals surface area contributed by atoms with Crippen molar-refractivity contribution < 1.29 is 14.6 Å². The minimum Gasteiger partial charge on any atom is -0.504 e. The molecule has 0 radical (unpaired) electrons. The van der Waals surface area contributed by atoms with Crippen molar-refractivity contribution in [1.29, 1.82) is 0 Å². The van der Waals surface area contributed by atoms with Crippen LogP contribution >= 0.6 is 0 Å². The average Bonchev–Trinajstić information content (AvgIpc) is 2.73. The largest absolute Gasteiger partial charge is 0.504 e. The highest BCUT2D eigenvalue weighted by atomic mass is 16.5. The molecule has 1 heterocycles. The summed E-state index contributed by atoms with van der Waals surface area (Å²) >= 11 is 0. The number of carbonyl (C=O) groups excluding carboxylic acids is 1. The third-order valence-electron chi connectivity index (χ3n) is 4.16. The minimum atomic E-state index is -0.120. The number of ether oxygens (including phenoxy) is 1. The zero-order valence-corrected chi connectivity index (χ0v) is 13.0. The lowest BCUT2D eigenvalue weighted by atomic mass is 10.1. The Hall–Kier alpha value is -1.75. The molecule has 2 rings (SSSR count). The van der Waals surface area contributed by atoms with E-state index >= 15 is 0 Å². The Balaban J connectivity index is 2.13. The molecular formula is C16H24N2O3. The van der Waals surface area contributed by atoms with Gasteiger partial charge in [0.25, 0.3) is 5.91 Å². The second-order valence-corrected chi connectivity index (χ2v) is 5.70. The van der Waals surface area contributed by atoms with Gasteiger partial charge in [-0.2, -0.15) is 0 Å². The predicted molar refractivity (Wildman–Crippen MR) is 81.9 cm³/mol. The van der Waals surface area contributed by atoms with E-state index in [-0.39, 0.29) is 11.7 Å². The Bertz CT molecular complexity index is 502. The van der Waals surface area contributed by atoms with Crippen LogP contribution < -0.4 is 4.74 Å². The van der Waals surface area contributed by atoms with Crippen LogP contribution in [0.2, 0.25) is 0 Å². The fourth-order valence-corrected chi connectivity index (χ4v) is 2.83. The van der Waals surface area contributed by atoms with E-state index in [2.05, 4.69) is 19.0 Å². The van der Waals surface area contributed by atoms with Crippen molar-refractivity contribution in [2.45, 2.75) is 25.3 Å². The summed E-state index contributed by atoms with van der Waals surface area (Å²) in [5.74, 6) is 0.144. The number of carbonyl (C=O) groups is 1. The first-order chi connectivity index (χ1) is 10.0.